The molecular weight excluding hydrogens is 444 g/mol. The van der Waals surface area contributed by atoms with Crippen molar-refractivity contribution < 1.29 is 9.53 Å². The number of halogens is 1. The summed E-state index contributed by atoms with van der Waals surface area (Å²) in [6.07, 6.45) is 4.13. The van der Waals surface area contributed by atoms with E-state index in [2.05, 4.69) is 34.3 Å². The number of nitrogens with zero attached hydrogens (tertiary/aromatic N) is 2. The number of carbonyl (C=O) groups is 1. The summed E-state index contributed by atoms with van der Waals surface area (Å²) in [7, 11) is 0. The van der Waals surface area contributed by atoms with Crippen molar-refractivity contribution in [3.63, 3.8) is 0 Å². The molecule has 0 bridgehead atoms. The Morgan fingerprint density at radius 2 is 2.22 bits per heavy atom. The van der Waals surface area contributed by atoms with Crippen molar-refractivity contribution in [3.8, 4) is 0 Å². The van der Waals surface area contributed by atoms with Crippen LogP contribution in [0.25, 0.3) is 10.2 Å². The summed E-state index contributed by atoms with van der Waals surface area (Å²) in [5, 5.41) is 0.722. The second kappa shape index (κ2) is 8.31. The Morgan fingerprint density at radius 1 is 1.37 bits per heavy atom. The Hall–Kier alpha value is -1.41. The Labute approximate surface area is 175 Å². The van der Waals surface area contributed by atoms with Crippen molar-refractivity contribution in [1.29, 1.82) is 0 Å². The molecule has 4 nitrogen and oxygen atoms in total. The molecule has 1 atom stereocenters. The fraction of sp³-hybridized carbons (Fsp3) is 0.300. The van der Waals surface area contributed by atoms with Crippen LogP contribution in [0.2, 0.25) is 0 Å². The molecule has 0 radical (unpaired) electrons. The molecule has 1 amide bonds. The molecule has 3 aromatic rings. The summed E-state index contributed by atoms with van der Waals surface area (Å²) >= 11 is 6.77. The van der Waals surface area contributed by atoms with E-state index in [1.54, 1.807) is 28.0 Å². The number of carbonyl (C=O) groups excluding carboxylic acids is 1. The van der Waals surface area contributed by atoms with E-state index in [-0.39, 0.29) is 12.0 Å². The van der Waals surface area contributed by atoms with Gasteiger partial charge in [-0.05, 0) is 65.4 Å². The van der Waals surface area contributed by atoms with Gasteiger partial charge in [0.25, 0.3) is 5.91 Å². The highest BCUT2D eigenvalue weighted by Gasteiger charge is 2.28. The average Bonchev–Trinajstić information content (AvgIpc) is 3.34. The first-order chi connectivity index (χ1) is 13.2. The van der Waals surface area contributed by atoms with Gasteiger partial charge in [0.05, 0.1) is 28.4 Å². The van der Waals surface area contributed by atoms with Crippen molar-refractivity contribution in [3.05, 3.63) is 52.5 Å². The van der Waals surface area contributed by atoms with Crippen molar-refractivity contribution >= 4 is 60.3 Å². The number of aromatic nitrogens is 1. The maximum absolute atomic E-state index is 13.4. The minimum Gasteiger partial charge on any atom is -0.376 e. The van der Waals surface area contributed by atoms with Crippen LogP contribution in [0.15, 0.2) is 51.8 Å². The highest BCUT2D eigenvalue weighted by molar-refractivity contribution is 9.10. The Kier molecular flexibility index (Phi) is 5.82. The summed E-state index contributed by atoms with van der Waals surface area (Å²) in [6, 6.07) is 13.7. The van der Waals surface area contributed by atoms with Gasteiger partial charge in [0.2, 0.25) is 0 Å². The minimum atomic E-state index is -0.0536. The average molecular weight is 463 g/mol. The predicted molar refractivity (Wildman–Crippen MR) is 116 cm³/mol. The summed E-state index contributed by atoms with van der Waals surface area (Å²) in [5.41, 5.74) is 1.56. The maximum atomic E-state index is 13.4. The van der Waals surface area contributed by atoms with E-state index >= 15 is 0 Å². The molecule has 0 aliphatic carbocycles. The number of thiazole rings is 1. The first-order valence-corrected chi connectivity index (χ1v) is 11.6. The third-order valence-electron chi connectivity index (χ3n) is 4.57. The molecule has 7 heteroatoms. The lowest BCUT2D eigenvalue weighted by Crippen LogP contribution is -2.37. The van der Waals surface area contributed by atoms with Gasteiger partial charge in [-0.1, -0.05) is 23.5 Å². The smallest absolute Gasteiger partial charge is 0.261 e. The fourth-order valence-electron chi connectivity index (χ4n) is 3.16. The van der Waals surface area contributed by atoms with Crippen LogP contribution in [0.3, 0.4) is 0 Å². The molecule has 1 aliphatic rings. The van der Waals surface area contributed by atoms with E-state index in [1.807, 2.05) is 30.3 Å². The largest absolute Gasteiger partial charge is 0.376 e. The van der Waals surface area contributed by atoms with Gasteiger partial charge in [-0.3, -0.25) is 9.69 Å². The Bertz CT molecular complexity index is 970. The molecule has 4 rings (SSSR count). The van der Waals surface area contributed by atoms with E-state index in [9.17, 15) is 4.79 Å². The molecule has 1 unspecified atom stereocenters. The van der Waals surface area contributed by atoms with E-state index in [1.165, 1.54) is 4.90 Å². The number of amides is 1. The lowest BCUT2D eigenvalue weighted by molar-refractivity contribution is 0.0917. The van der Waals surface area contributed by atoms with E-state index in [4.69, 9.17) is 9.72 Å². The van der Waals surface area contributed by atoms with Crippen molar-refractivity contribution in [2.24, 2.45) is 0 Å². The van der Waals surface area contributed by atoms with Crippen LogP contribution in [-0.4, -0.2) is 36.4 Å². The Morgan fingerprint density at radius 3 is 2.96 bits per heavy atom. The highest BCUT2D eigenvalue weighted by Crippen LogP contribution is 2.33. The summed E-state index contributed by atoms with van der Waals surface area (Å²) < 4.78 is 7.68. The first-order valence-electron chi connectivity index (χ1n) is 8.78. The van der Waals surface area contributed by atoms with Crippen LogP contribution in [0, 0.1) is 0 Å². The highest BCUT2D eigenvalue weighted by atomic mass is 79.9. The normalized spacial score (nSPS) is 16.7. The van der Waals surface area contributed by atoms with Crippen molar-refractivity contribution in [1.82, 2.24) is 4.98 Å². The number of ether oxygens (including phenoxy) is 1. The van der Waals surface area contributed by atoms with Gasteiger partial charge in [0, 0.05) is 16.0 Å². The molecule has 1 fully saturated rings. The maximum Gasteiger partial charge on any atom is 0.261 e. The van der Waals surface area contributed by atoms with Gasteiger partial charge in [0.15, 0.2) is 5.13 Å². The van der Waals surface area contributed by atoms with E-state index < -0.39 is 0 Å². The third kappa shape index (κ3) is 4.06. The summed E-state index contributed by atoms with van der Waals surface area (Å²) in [5.74, 6) is -0.0536. The number of benzene rings is 2. The van der Waals surface area contributed by atoms with Crippen molar-refractivity contribution in [2.45, 2.75) is 23.8 Å². The standard InChI is InChI=1S/C20H19BrN2O2S2/c1-26-14-8-9-17-18(11-14)27-20(22-17)23(12-13-5-4-10-25-13)19(24)15-6-2-3-7-16(15)21/h2-3,6-9,11,13H,4-5,10,12H2,1H3. The van der Waals surface area contributed by atoms with Gasteiger partial charge >= 0.3 is 0 Å². The summed E-state index contributed by atoms with van der Waals surface area (Å²) in [4.78, 5) is 21.1. The molecule has 1 saturated heterocycles. The first kappa shape index (κ1) is 18.9. The zero-order chi connectivity index (χ0) is 18.8. The molecule has 0 spiro atoms. The van der Waals surface area contributed by atoms with Gasteiger partial charge in [-0.15, -0.1) is 11.8 Å². The molecule has 140 valence electrons. The van der Waals surface area contributed by atoms with Crippen molar-refractivity contribution in [2.75, 3.05) is 24.3 Å². The van der Waals surface area contributed by atoms with Crippen LogP contribution >= 0.6 is 39.0 Å². The van der Waals surface area contributed by atoms with Gasteiger partial charge in [-0.25, -0.2) is 4.98 Å². The zero-order valence-corrected chi connectivity index (χ0v) is 18.1. The van der Waals surface area contributed by atoms with Crippen LogP contribution in [0.4, 0.5) is 5.13 Å². The number of rotatable bonds is 5. The molecule has 0 N–H and O–H groups in total. The van der Waals surface area contributed by atoms with E-state index in [0.717, 1.165) is 39.3 Å². The molecular formula is C20H19BrN2O2S2. The summed E-state index contributed by atoms with van der Waals surface area (Å²) in [6.45, 7) is 1.29. The second-order valence-electron chi connectivity index (χ2n) is 6.36. The van der Waals surface area contributed by atoms with Crippen LogP contribution in [-0.2, 0) is 4.74 Å². The topological polar surface area (TPSA) is 42.4 Å². The molecule has 0 saturated carbocycles. The number of anilines is 1. The lowest BCUT2D eigenvalue weighted by Gasteiger charge is -2.23. The number of hydrogen-bond donors (Lipinski definition) is 0. The van der Waals surface area contributed by atoms with Crippen LogP contribution in [0.1, 0.15) is 23.2 Å². The predicted octanol–water partition coefficient (Wildman–Crippen LogP) is 5.61. The quantitative estimate of drug-likeness (QED) is 0.462. The second-order valence-corrected chi connectivity index (χ2v) is 9.10. The monoisotopic (exact) mass is 462 g/mol. The fourth-order valence-corrected chi connectivity index (χ4v) is 5.14. The minimum absolute atomic E-state index is 0.0536. The molecule has 2 heterocycles. The Balaban J connectivity index is 1.73. The molecule has 27 heavy (non-hydrogen) atoms. The molecule has 1 aliphatic heterocycles. The van der Waals surface area contributed by atoms with Gasteiger partial charge in [-0.2, -0.15) is 0 Å². The van der Waals surface area contributed by atoms with Crippen LogP contribution in [0.5, 0.6) is 0 Å². The number of fused-ring (bicyclic) bond motifs is 1. The number of thioether (sulfide) groups is 1. The lowest BCUT2D eigenvalue weighted by atomic mass is 10.2. The SMILES string of the molecule is CSc1ccc2nc(N(CC3CCCO3)C(=O)c3ccccc3Br)sc2c1. The van der Waals surface area contributed by atoms with Gasteiger partial charge < -0.3 is 4.74 Å². The molecule has 2 aromatic carbocycles. The molecule has 1 aromatic heterocycles. The zero-order valence-electron chi connectivity index (χ0n) is 14.9. The number of hydrogen-bond acceptors (Lipinski definition) is 5. The van der Waals surface area contributed by atoms with Gasteiger partial charge in [0.1, 0.15) is 0 Å². The van der Waals surface area contributed by atoms with E-state index in [0.29, 0.717) is 12.1 Å². The van der Waals surface area contributed by atoms with Crippen LogP contribution < -0.4 is 4.90 Å². The third-order valence-corrected chi connectivity index (χ3v) is 7.03.